The molecule has 1 heterocycles. The largest absolute Gasteiger partial charge is 0.383 e. The van der Waals surface area contributed by atoms with E-state index in [1.165, 1.54) is 27.5 Å². The van der Waals surface area contributed by atoms with Crippen LogP contribution in [0.15, 0.2) is 48.7 Å². The van der Waals surface area contributed by atoms with Crippen LogP contribution < -0.4 is 5.73 Å². The third-order valence-corrected chi connectivity index (χ3v) is 4.01. The van der Waals surface area contributed by atoms with Crippen molar-refractivity contribution < 1.29 is 0 Å². The predicted molar refractivity (Wildman–Crippen MR) is 79.0 cm³/mol. The van der Waals surface area contributed by atoms with Crippen molar-refractivity contribution >= 4 is 16.6 Å². The van der Waals surface area contributed by atoms with Gasteiger partial charge in [0.25, 0.3) is 0 Å². The van der Waals surface area contributed by atoms with Crippen molar-refractivity contribution in [2.24, 2.45) is 0 Å². The number of benzene rings is 2. The smallest absolute Gasteiger partial charge is 0.131 e. The lowest BCUT2D eigenvalue weighted by Gasteiger charge is -2.10. The van der Waals surface area contributed by atoms with Gasteiger partial charge in [-0.1, -0.05) is 30.3 Å². The lowest BCUT2D eigenvalue weighted by atomic mass is 9.96. The molecule has 0 spiro atoms. The van der Waals surface area contributed by atoms with E-state index in [-0.39, 0.29) is 0 Å². The highest BCUT2D eigenvalue weighted by molar-refractivity contribution is 6.02. The average molecular weight is 246 g/mol. The molecule has 2 nitrogen and oxygen atoms in total. The topological polar surface area (TPSA) is 38.9 Å². The number of aromatic nitrogens is 1. The Hall–Kier alpha value is -2.35. The molecule has 0 unspecified atom stereocenters. The molecule has 0 saturated carbocycles. The van der Waals surface area contributed by atoms with Crippen molar-refractivity contribution in [3.8, 4) is 11.1 Å². The maximum atomic E-state index is 6.02. The maximum Gasteiger partial charge on any atom is 0.131 e. The maximum absolute atomic E-state index is 6.02. The van der Waals surface area contributed by atoms with Gasteiger partial charge in [-0.15, -0.1) is 0 Å². The molecule has 1 aromatic heterocycles. The summed E-state index contributed by atoms with van der Waals surface area (Å²) in [5.74, 6) is 0.598. The summed E-state index contributed by atoms with van der Waals surface area (Å²) in [6, 6.07) is 15.0. The molecule has 0 aliphatic heterocycles. The summed E-state index contributed by atoms with van der Waals surface area (Å²) in [5.41, 5.74) is 11.1. The van der Waals surface area contributed by atoms with E-state index in [0.717, 1.165) is 18.4 Å². The van der Waals surface area contributed by atoms with Gasteiger partial charge < -0.3 is 5.73 Å². The van der Waals surface area contributed by atoms with Crippen LogP contribution in [0.5, 0.6) is 0 Å². The molecule has 19 heavy (non-hydrogen) atoms. The molecule has 2 heteroatoms. The molecule has 0 atom stereocenters. The van der Waals surface area contributed by atoms with Gasteiger partial charge in [0.1, 0.15) is 5.82 Å². The van der Waals surface area contributed by atoms with Gasteiger partial charge in [0.05, 0.1) is 0 Å². The van der Waals surface area contributed by atoms with E-state index in [0.29, 0.717) is 5.82 Å². The highest BCUT2D eigenvalue weighted by Crippen LogP contribution is 2.38. The molecule has 1 aliphatic rings. The van der Waals surface area contributed by atoms with Crippen molar-refractivity contribution in [2.75, 3.05) is 5.73 Å². The van der Waals surface area contributed by atoms with Gasteiger partial charge in [-0.25, -0.2) is 4.98 Å². The molecular weight excluding hydrogens is 232 g/mol. The minimum absolute atomic E-state index is 0.598. The molecule has 0 amide bonds. The van der Waals surface area contributed by atoms with Gasteiger partial charge in [-0.05, 0) is 52.4 Å². The number of nitrogens with zero attached hydrogens (tertiary/aromatic N) is 1. The van der Waals surface area contributed by atoms with E-state index in [1.54, 1.807) is 6.20 Å². The van der Waals surface area contributed by atoms with Crippen molar-refractivity contribution in [2.45, 2.75) is 12.8 Å². The zero-order valence-electron chi connectivity index (χ0n) is 10.6. The van der Waals surface area contributed by atoms with E-state index in [1.807, 2.05) is 12.1 Å². The Labute approximate surface area is 111 Å². The van der Waals surface area contributed by atoms with Gasteiger partial charge in [-0.2, -0.15) is 0 Å². The highest BCUT2D eigenvalue weighted by atomic mass is 14.8. The van der Waals surface area contributed by atoms with E-state index in [2.05, 4.69) is 35.3 Å². The summed E-state index contributed by atoms with van der Waals surface area (Å²) >= 11 is 0. The fraction of sp³-hybridized carbons (Fsp3) is 0.118. The van der Waals surface area contributed by atoms with Gasteiger partial charge in [0.2, 0.25) is 0 Å². The zero-order valence-corrected chi connectivity index (χ0v) is 10.6. The Morgan fingerprint density at radius 1 is 0.842 bits per heavy atom. The van der Waals surface area contributed by atoms with E-state index < -0.39 is 0 Å². The third kappa shape index (κ3) is 1.46. The minimum atomic E-state index is 0.598. The standard InChI is InChI=1S/C17H14N2/c18-17-15(5-2-10-19-17)13-9-8-12-7-6-11-3-1-4-14(13)16(11)12/h1-5,8-10H,6-7H2,(H2,18,19). The number of nitrogen functional groups attached to an aromatic ring is 1. The van der Waals surface area contributed by atoms with E-state index >= 15 is 0 Å². The van der Waals surface area contributed by atoms with Crippen molar-refractivity contribution in [3.63, 3.8) is 0 Å². The second-order valence-electron chi connectivity index (χ2n) is 5.05. The van der Waals surface area contributed by atoms with E-state index in [9.17, 15) is 0 Å². The molecule has 0 radical (unpaired) electrons. The second kappa shape index (κ2) is 3.82. The molecule has 2 N–H and O–H groups in total. The van der Waals surface area contributed by atoms with Crippen molar-refractivity contribution in [3.05, 3.63) is 59.8 Å². The van der Waals surface area contributed by atoms with Crippen LogP contribution in [0.2, 0.25) is 0 Å². The predicted octanol–water partition coefficient (Wildman–Crippen LogP) is 3.58. The first-order chi connectivity index (χ1) is 9.34. The summed E-state index contributed by atoms with van der Waals surface area (Å²) in [7, 11) is 0. The van der Waals surface area contributed by atoms with Gasteiger partial charge in [0, 0.05) is 11.8 Å². The molecule has 0 fully saturated rings. The molecule has 0 saturated heterocycles. The second-order valence-corrected chi connectivity index (χ2v) is 5.05. The number of hydrogen-bond acceptors (Lipinski definition) is 2. The van der Waals surface area contributed by atoms with Gasteiger partial charge in [0.15, 0.2) is 0 Å². The summed E-state index contributed by atoms with van der Waals surface area (Å²) in [5, 5.41) is 2.72. The molecule has 4 rings (SSSR count). The normalized spacial score (nSPS) is 13.1. The Morgan fingerprint density at radius 3 is 2.53 bits per heavy atom. The fourth-order valence-electron chi connectivity index (χ4n) is 3.13. The first-order valence-corrected chi connectivity index (χ1v) is 6.59. The molecule has 1 aliphatic carbocycles. The quantitative estimate of drug-likeness (QED) is 0.712. The Bertz CT molecular complexity index is 780. The Morgan fingerprint density at radius 2 is 1.68 bits per heavy atom. The number of pyridine rings is 1. The Balaban J connectivity index is 2.10. The fourth-order valence-corrected chi connectivity index (χ4v) is 3.13. The van der Waals surface area contributed by atoms with Crippen LogP contribution in [0, 0.1) is 0 Å². The third-order valence-electron chi connectivity index (χ3n) is 4.01. The van der Waals surface area contributed by atoms with Crippen LogP contribution in [0.4, 0.5) is 5.82 Å². The summed E-state index contributed by atoms with van der Waals surface area (Å²) in [6.07, 6.45) is 4.04. The first-order valence-electron chi connectivity index (χ1n) is 6.59. The van der Waals surface area contributed by atoms with E-state index in [4.69, 9.17) is 5.73 Å². The molecular formula is C17H14N2. The van der Waals surface area contributed by atoms with Crippen molar-refractivity contribution in [1.82, 2.24) is 4.98 Å². The van der Waals surface area contributed by atoms with Crippen LogP contribution in [-0.4, -0.2) is 4.98 Å². The zero-order chi connectivity index (χ0) is 12.8. The average Bonchev–Trinajstić information content (AvgIpc) is 2.86. The first kappa shape index (κ1) is 10.6. The number of hydrogen-bond donors (Lipinski definition) is 1. The summed E-state index contributed by atoms with van der Waals surface area (Å²) < 4.78 is 0. The van der Waals surface area contributed by atoms with Crippen LogP contribution in [0.1, 0.15) is 11.1 Å². The van der Waals surface area contributed by atoms with Gasteiger partial charge >= 0.3 is 0 Å². The van der Waals surface area contributed by atoms with Crippen LogP contribution in [0.3, 0.4) is 0 Å². The van der Waals surface area contributed by atoms with Crippen molar-refractivity contribution in [1.29, 1.82) is 0 Å². The lowest BCUT2D eigenvalue weighted by molar-refractivity contribution is 1.02. The number of rotatable bonds is 1. The summed E-state index contributed by atoms with van der Waals surface area (Å²) in [4.78, 5) is 4.20. The van der Waals surface area contributed by atoms with Crippen LogP contribution in [-0.2, 0) is 12.8 Å². The lowest BCUT2D eigenvalue weighted by Crippen LogP contribution is -1.94. The SMILES string of the molecule is Nc1ncccc1-c1ccc2c3c(cccc13)CC2. The molecule has 3 aromatic rings. The number of anilines is 1. The highest BCUT2D eigenvalue weighted by Gasteiger charge is 2.17. The van der Waals surface area contributed by atoms with Gasteiger partial charge in [-0.3, -0.25) is 0 Å². The molecule has 0 bridgehead atoms. The number of aryl methyl sites for hydroxylation is 2. The minimum Gasteiger partial charge on any atom is -0.383 e. The monoisotopic (exact) mass is 246 g/mol. The summed E-state index contributed by atoms with van der Waals surface area (Å²) in [6.45, 7) is 0. The number of nitrogens with two attached hydrogens (primary N) is 1. The Kier molecular flexibility index (Phi) is 2.12. The van der Waals surface area contributed by atoms with Crippen LogP contribution >= 0.6 is 0 Å². The molecule has 92 valence electrons. The van der Waals surface area contributed by atoms with Crippen LogP contribution in [0.25, 0.3) is 21.9 Å². The molecule has 2 aromatic carbocycles.